The Morgan fingerprint density at radius 2 is 0.968 bits per heavy atom. The fraction of sp³-hybridized carbons (Fsp3) is 0.240. The van der Waals surface area contributed by atoms with Crippen molar-refractivity contribution in [2.24, 2.45) is 9.98 Å². The number of benzene rings is 5. The van der Waals surface area contributed by atoms with E-state index in [-0.39, 0.29) is 37.1 Å². The number of carbonyl (C=O) groups excluding carboxylic acids is 2. The molecule has 12 heteroatoms. The lowest BCUT2D eigenvalue weighted by atomic mass is 9.94. The van der Waals surface area contributed by atoms with Crippen LogP contribution in [0.4, 0.5) is 11.4 Å². The molecular formula is C50H46N4O8. The van der Waals surface area contributed by atoms with Crippen LogP contribution in [0.3, 0.4) is 0 Å². The van der Waals surface area contributed by atoms with Crippen molar-refractivity contribution in [3.63, 3.8) is 0 Å². The zero-order chi connectivity index (χ0) is 42.7. The number of hydrogen-bond donors (Lipinski definition) is 0. The Labute approximate surface area is 360 Å². The zero-order valence-corrected chi connectivity index (χ0v) is 35.0. The Kier molecular flexibility index (Phi) is 11.2. The van der Waals surface area contributed by atoms with E-state index >= 15 is 0 Å². The summed E-state index contributed by atoms with van der Waals surface area (Å²) >= 11 is 0. The van der Waals surface area contributed by atoms with Gasteiger partial charge in [0.05, 0.1) is 63.0 Å². The third kappa shape index (κ3) is 7.99. The number of aliphatic imine (C=N–C) groups is 2. The molecule has 0 aromatic heterocycles. The first-order valence-corrected chi connectivity index (χ1v) is 20.5. The van der Waals surface area contributed by atoms with Gasteiger partial charge in [-0.1, -0.05) is 54.6 Å². The number of hydrogen-bond acceptors (Lipinski definition) is 10. The van der Waals surface area contributed by atoms with E-state index in [0.29, 0.717) is 71.4 Å². The predicted octanol–water partition coefficient (Wildman–Crippen LogP) is 8.91. The smallest absolute Gasteiger partial charge is 0.257 e. The van der Waals surface area contributed by atoms with Crippen molar-refractivity contribution in [3.8, 4) is 34.5 Å². The summed E-state index contributed by atoms with van der Waals surface area (Å²) in [4.78, 5) is 41.0. The molecular weight excluding hydrogens is 785 g/mol. The average Bonchev–Trinajstić information content (AvgIpc) is 3.55. The number of nitrogens with zero attached hydrogens (tertiary/aromatic N) is 4. The van der Waals surface area contributed by atoms with E-state index in [1.807, 2.05) is 95.0 Å². The highest BCUT2D eigenvalue weighted by Gasteiger charge is 2.34. The van der Waals surface area contributed by atoms with E-state index in [2.05, 4.69) is 12.2 Å². The van der Waals surface area contributed by atoms with E-state index in [0.717, 1.165) is 44.9 Å². The first-order valence-electron chi connectivity index (χ1n) is 20.5. The van der Waals surface area contributed by atoms with Crippen molar-refractivity contribution in [1.82, 2.24) is 9.80 Å². The number of carbonyl (C=O) groups is 2. The third-order valence-corrected chi connectivity index (χ3v) is 11.7. The summed E-state index contributed by atoms with van der Waals surface area (Å²) in [6.45, 7) is 1.40. The second-order valence-electron chi connectivity index (χ2n) is 15.4. The van der Waals surface area contributed by atoms with Gasteiger partial charge in [-0.05, 0) is 88.7 Å². The topological polar surface area (TPSA) is 121 Å². The van der Waals surface area contributed by atoms with Crippen LogP contribution in [-0.2, 0) is 13.2 Å². The number of ether oxygens (including phenoxy) is 6. The zero-order valence-electron chi connectivity index (χ0n) is 35.0. The summed E-state index contributed by atoms with van der Waals surface area (Å²) in [7, 11) is 6.42. The molecule has 0 saturated carbocycles. The maximum absolute atomic E-state index is 13.9. The minimum absolute atomic E-state index is 0.109. The normalized spacial score (nSPS) is 17.6. The van der Waals surface area contributed by atoms with Crippen LogP contribution in [0.25, 0.3) is 11.1 Å². The van der Waals surface area contributed by atoms with Crippen LogP contribution in [0.15, 0.2) is 119 Å². The molecule has 0 spiro atoms. The van der Waals surface area contributed by atoms with Crippen LogP contribution >= 0.6 is 0 Å². The molecule has 0 saturated heterocycles. The Morgan fingerprint density at radius 1 is 0.532 bits per heavy atom. The molecule has 62 heavy (non-hydrogen) atoms. The number of rotatable bonds is 12. The van der Waals surface area contributed by atoms with Crippen molar-refractivity contribution >= 4 is 46.8 Å². The Bertz CT molecular complexity index is 2470. The highest BCUT2D eigenvalue weighted by molar-refractivity contribution is 6.05. The minimum atomic E-state index is -0.196. The average molecular weight is 831 g/mol. The van der Waals surface area contributed by atoms with Crippen LogP contribution in [0, 0.1) is 0 Å². The summed E-state index contributed by atoms with van der Waals surface area (Å²) in [5.41, 5.74) is 8.29. The van der Waals surface area contributed by atoms with Gasteiger partial charge >= 0.3 is 0 Å². The summed E-state index contributed by atoms with van der Waals surface area (Å²) in [6, 6.07) is 30.4. The maximum atomic E-state index is 13.9. The summed E-state index contributed by atoms with van der Waals surface area (Å²) < 4.78 is 34.7. The third-order valence-electron chi connectivity index (χ3n) is 11.7. The molecule has 0 bridgehead atoms. The monoisotopic (exact) mass is 830 g/mol. The molecule has 4 aliphatic rings. The number of fused-ring (bicyclic) bond motifs is 4. The van der Waals surface area contributed by atoms with Crippen LogP contribution < -0.4 is 28.4 Å². The Balaban J connectivity index is 0.865. The highest BCUT2D eigenvalue weighted by atomic mass is 16.5. The fourth-order valence-corrected chi connectivity index (χ4v) is 8.31. The van der Waals surface area contributed by atoms with Gasteiger partial charge in [-0.3, -0.25) is 19.6 Å². The lowest BCUT2D eigenvalue weighted by Crippen LogP contribution is -2.43. The van der Waals surface area contributed by atoms with Gasteiger partial charge in [0.25, 0.3) is 11.8 Å². The lowest BCUT2D eigenvalue weighted by molar-refractivity contribution is 0.0740. The second kappa shape index (κ2) is 17.3. The summed E-state index contributed by atoms with van der Waals surface area (Å²) in [5, 5.41) is 0. The molecule has 2 atom stereocenters. The van der Waals surface area contributed by atoms with Gasteiger partial charge in [-0.25, -0.2) is 0 Å². The molecule has 0 fully saturated rings. The van der Waals surface area contributed by atoms with E-state index in [9.17, 15) is 9.59 Å². The molecule has 0 N–H and O–H groups in total. The number of methoxy groups -OCH3 is 4. The van der Waals surface area contributed by atoms with E-state index < -0.39 is 0 Å². The van der Waals surface area contributed by atoms with Gasteiger partial charge in [0.1, 0.15) is 24.7 Å². The van der Waals surface area contributed by atoms with Gasteiger partial charge in [-0.2, -0.15) is 0 Å². The maximum Gasteiger partial charge on any atom is 0.257 e. The molecule has 5 aromatic carbocycles. The first kappa shape index (κ1) is 40.1. The van der Waals surface area contributed by atoms with Crippen LogP contribution in [-0.4, -0.2) is 87.7 Å². The first-order chi connectivity index (χ1) is 30.3. The van der Waals surface area contributed by atoms with E-state index in [1.165, 1.54) is 0 Å². The van der Waals surface area contributed by atoms with Crippen LogP contribution in [0.2, 0.25) is 0 Å². The lowest BCUT2D eigenvalue weighted by Gasteiger charge is -2.32. The van der Waals surface area contributed by atoms with Crippen LogP contribution in [0.5, 0.6) is 34.5 Å². The molecule has 0 radical (unpaired) electrons. The summed E-state index contributed by atoms with van der Waals surface area (Å²) in [6.07, 6.45) is 9.20. The van der Waals surface area contributed by atoms with Gasteiger partial charge in [0.2, 0.25) is 0 Å². The van der Waals surface area contributed by atoms with E-state index in [4.69, 9.17) is 38.4 Å². The molecule has 12 nitrogen and oxygen atoms in total. The molecule has 4 heterocycles. The van der Waals surface area contributed by atoms with Crippen molar-refractivity contribution < 1.29 is 38.0 Å². The standard InChI is InChI=1S/C50H46N4O8/c1-57-39-12-8-33(9-13-39)35-16-18-53-37(21-35)27-51-43-25-47(45(59-3)23-41(43)49(53)55)61-29-31-6-5-7-32(20-31)30-62-48-26-44-42(24-46(48)60-4)50(56)54-19-17-36(22-38(54)28-52-44)34-10-14-40(58-2)15-11-34/h5-17,20,23-28,37-38H,18-19,21-22,29-30H2,1-4H3/t37-,38?/m0/s1. The molecule has 4 aliphatic heterocycles. The van der Waals surface area contributed by atoms with Crippen molar-refractivity contribution in [1.29, 1.82) is 0 Å². The Hall–Kier alpha value is -7.34. The summed E-state index contributed by atoms with van der Waals surface area (Å²) in [5.74, 6) is 3.21. The van der Waals surface area contributed by atoms with E-state index in [1.54, 1.807) is 52.7 Å². The SMILES string of the molecule is COc1ccc(C2=CCN3C(=O)c4cc(OC)c(OCc5cccc(COc6cc7c(cc6OC)C(=O)N6CC=C(c8ccc(OC)cc8)C[C@H]6C=N7)c5)cc4N=CC3C2)cc1. The van der Waals surface area contributed by atoms with Gasteiger partial charge in [-0.15, -0.1) is 0 Å². The van der Waals surface area contributed by atoms with Gasteiger partial charge in [0, 0.05) is 37.7 Å². The van der Waals surface area contributed by atoms with Crippen LogP contribution in [0.1, 0.15) is 55.8 Å². The highest BCUT2D eigenvalue weighted by Crippen LogP contribution is 2.41. The molecule has 2 amide bonds. The minimum Gasteiger partial charge on any atom is -0.497 e. The molecule has 9 rings (SSSR count). The molecule has 314 valence electrons. The fourth-order valence-electron chi connectivity index (χ4n) is 8.31. The van der Waals surface area contributed by atoms with Crippen molar-refractivity contribution in [2.45, 2.75) is 38.1 Å². The van der Waals surface area contributed by atoms with Gasteiger partial charge in [0.15, 0.2) is 23.0 Å². The molecule has 1 unspecified atom stereocenters. The quantitative estimate of drug-likeness (QED) is 0.122. The largest absolute Gasteiger partial charge is 0.497 e. The van der Waals surface area contributed by atoms with Crippen molar-refractivity contribution in [2.75, 3.05) is 41.5 Å². The molecule has 0 aliphatic carbocycles. The second-order valence-corrected chi connectivity index (χ2v) is 15.4. The molecule has 5 aromatic rings. The number of amides is 2. The van der Waals surface area contributed by atoms with Crippen molar-refractivity contribution in [3.05, 3.63) is 143 Å². The predicted molar refractivity (Wildman–Crippen MR) is 238 cm³/mol. The van der Waals surface area contributed by atoms with Gasteiger partial charge < -0.3 is 38.2 Å². The Morgan fingerprint density at radius 3 is 1.37 bits per heavy atom.